The predicted octanol–water partition coefficient (Wildman–Crippen LogP) is 2.65. The van der Waals surface area contributed by atoms with Gasteiger partial charge in [0.25, 0.3) is 0 Å². The summed E-state index contributed by atoms with van der Waals surface area (Å²) in [5.74, 6) is 0.394. The lowest BCUT2D eigenvalue weighted by Gasteiger charge is -2.34. The minimum Gasteiger partial charge on any atom is -0.497 e. The molecule has 0 atom stereocenters. The fourth-order valence-corrected chi connectivity index (χ4v) is 4.79. The van der Waals surface area contributed by atoms with E-state index in [0.29, 0.717) is 31.7 Å². The van der Waals surface area contributed by atoms with Crippen molar-refractivity contribution in [1.82, 2.24) is 9.21 Å². The number of hydrogen-bond donors (Lipinski definition) is 0. The second-order valence-corrected chi connectivity index (χ2v) is 8.34. The van der Waals surface area contributed by atoms with Gasteiger partial charge in [-0.3, -0.25) is 4.90 Å². The highest BCUT2D eigenvalue weighted by Gasteiger charge is 2.29. The monoisotopic (exact) mass is 378 g/mol. The molecular formula is C19H23FN2O3S. The summed E-state index contributed by atoms with van der Waals surface area (Å²) in [7, 11) is -1.95. The van der Waals surface area contributed by atoms with Crippen LogP contribution in [0.25, 0.3) is 0 Å². The van der Waals surface area contributed by atoms with E-state index in [1.807, 2.05) is 24.3 Å². The number of aryl methyl sites for hydroxylation is 1. The summed E-state index contributed by atoms with van der Waals surface area (Å²) in [5, 5.41) is 0. The van der Waals surface area contributed by atoms with Crippen molar-refractivity contribution in [2.75, 3.05) is 33.3 Å². The van der Waals surface area contributed by atoms with Crippen molar-refractivity contribution in [2.45, 2.75) is 18.4 Å². The van der Waals surface area contributed by atoms with Crippen molar-refractivity contribution in [2.24, 2.45) is 0 Å². The summed E-state index contributed by atoms with van der Waals surface area (Å²) >= 11 is 0. The molecule has 0 radical (unpaired) electrons. The minimum absolute atomic E-state index is 0.183. The van der Waals surface area contributed by atoms with Crippen LogP contribution < -0.4 is 4.74 Å². The molecule has 1 fully saturated rings. The van der Waals surface area contributed by atoms with E-state index >= 15 is 0 Å². The van der Waals surface area contributed by atoms with Crippen molar-refractivity contribution in [3.05, 3.63) is 59.4 Å². The summed E-state index contributed by atoms with van der Waals surface area (Å²) in [6, 6.07) is 11.7. The Morgan fingerprint density at radius 3 is 2.27 bits per heavy atom. The Morgan fingerprint density at radius 2 is 1.69 bits per heavy atom. The van der Waals surface area contributed by atoms with Gasteiger partial charge in [0, 0.05) is 32.7 Å². The van der Waals surface area contributed by atoms with Crippen LogP contribution in [0.1, 0.15) is 11.1 Å². The molecule has 0 saturated carbocycles. The number of halogens is 1. The van der Waals surface area contributed by atoms with Gasteiger partial charge in [0.1, 0.15) is 11.6 Å². The first-order valence-corrected chi connectivity index (χ1v) is 9.96. The number of hydrogen-bond acceptors (Lipinski definition) is 4. The molecule has 7 heteroatoms. The lowest BCUT2D eigenvalue weighted by Crippen LogP contribution is -2.48. The van der Waals surface area contributed by atoms with E-state index in [4.69, 9.17) is 4.74 Å². The molecule has 1 aliphatic rings. The third-order valence-corrected chi connectivity index (χ3v) is 6.71. The van der Waals surface area contributed by atoms with Crippen molar-refractivity contribution >= 4 is 10.0 Å². The van der Waals surface area contributed by atoms with Crippen LogP contribution in [0.2, 0.25) is 0 Å². The predicted molar refractivity (Wildman–Crippen MR) is 98.2 cm³/mol. The van der Waals surface area contributed by atoms with E-state index in [-0.39, 0.29) is 4.90 Å². The van der Waals surface area contributed by atoms with Crippen LogP contribution in [-0.4, -0.2) is 50.9 Å². The van der Waals surface area contributed by atoms with Gasteiger partial charge in [-0.05, 0) is 48.4 Å². The Morgan fingerprint density at radius 1 is 1.04 bits per heavy atom. The zero-order valence-corrected chi connectivity index (χ0v) is 15.8. The van der Waals surface area contributed by atoms with Crippen molar-refractivity contribution in [3.63, 3.8) is 0 Å². The topological polar surface area (TPSA) is 49.9 Å². The van der Waals surface area contributed by atoms with Crippen molar-refractivity contribution in [1.29, 1.82) is 0 Å². The van der Waals surface area contributed by atoms with E-state index in [0.717, 1.165) is 17.9 Å². The third kappa shape index (κ3) is 4.06. The molecule has 0 aliphatic carbocycles. The minimum atomic E-state index is -3.59. The lowest BCUT2D eigenvalue weighted by atomic mass is 10.2. The molecule has 26 heavy (non-hydrogen) atoms. The molecule has 2 aromatic carbocycles. The molecule has 3 rings (SSSR count). The zero-order valence-electron chi connectivity index (χ0n) is 15.0. The van der Waals surface area contributed by atoms with Crippen LogP contribution in [0.5, 0.6) is 5.75 Å². The second kappa shape index (κ2) is 7.73. The van der Waals surface area contributed by atoms with Crippen LogP contribution in [0.15, 0.2) is 47.4 Å². The van der Waals surface area contributed by atoms with Crippen LogP contribution in [0.4, 0.5) is 4.39 Å². The maximum absolute atomic E-state index is 13.3. The molecule has 0 bridgehead atoms. The standard InChI is InChI=1S/C19H23FN2O3S/c1-15-13-17(20)5-8-19(15)26(23,24)22-11-9-21(10-12-22)14-16-3-6-18(25-2)7-4-16/h3-8,13H,9-12,14H2,1-2H3. The summed E-state index contributed by atoms with van der Waals surface area (Å²) in [4.78, 5) is 2.41. The Bertz CT molecular complexity index is 861. The Labute approximate surface area is 154 Å². The zero-order chi connectivity index (χ0) is 18.7. The number of sulfonamides is 1. The number of piperazine rings is 1. The van der Waals surface area contributed by atoms with E-state index in [1.165, 1.54) is 22.5 Å². The molecule has 5 nitrogen and oxygen atoms in total. The van der Waals surface area contributed by atoms with Crippen LogP contribution in [-0.2, 0) is 16.6 Å². The van der Waals surface area contributed by atoms with Crippen LogP contribution in [0.3, 0.4) is 0 Å². The number of nitrogens with zero attached hydrogens (tertiary/aromatic N) is 2. The first kappa shape index (κ1) is 18.8. The van der Waals surface area contributed by atoms with Crippen molar-refractivity contribution < 1.29 is 17.5 Å². The molecule has 0 amide bonds. The molecular weight excluding hydrogens is 355 g/mol. The molecule has 1 heterocycles. The highest BCUT2D eigenvalue weighted by Crippen LogP contribution is 2.22. The van der Waals surface area contributed by atoms with E-state index < -0.39 is 15.8 Å². The number of benzene rings is 2. The van der Waals surface area contributed by atoms with E-state index in [2.05, 4.69) is 4.90 Å². The fourth-order valence-electron chi connectivity index (χ4n) is 3.16. The fraction of sp³-hybridized carbons (Fsp3) is 0.368. The largest absolute Gasteiger partial charge is 0.497 e. The number of ether oxygens (including phenoxy) is 1. The second-order valence-electron chi connectivity index (χ2n) is 6.44. The maximum atomic E-state index is 13.3. The van der Waals surface area contributed by atoms with E-state index in [9.17, 15) is 12.8 Å². The molecule has 0 spiro atoms. The van der Waals surface area contributed by atoms with Gasteiger partial charge in [-0.15, -0.1) is 0 Å². The normalized spacial score (nSPS) is 16.6. The van der Waals surface area contributed by atoms with Crippen LogP contribution in [0, 0.1) is 12.7 Å². The molecule has 1 saturated heterocycles. The van der Waals surface area contributed by atoms with Gasteiger partial charge in [0.05, 0.1) is 12.0 Å². The van der Waals surface area contributed by atoms with Gasteiger partial charge in [-0.25, -0.2) is 12.8 Å². The van der Waals surface area contributed by atoms with Gasteiger partial charge in [-0.2, -0.15) is 4.31 Å². The summed E-state index contributed by atoms with van der Waals surface area (Å²) in [6.07, 6.45) is 0. The van der Waals surface area contributed by atoms with E-state index in [1.54, 1.807) is 14.0 Å². The highest BCUT2D eigenvalue weighted by atomic mass is 32.2. The smallest absolute Gasteiger partial charge is 0.243 e. The average molecular weight is 378 g/mol. The van der Waals surface area contributed by atoms with Gasteiger partial charge < -0.3 is 4.74 Å². The summed E-state index contributed by atoms with van der Waals surface area (Å²) < 4.78 is 45.6. The summed E-state index contributed by atoms with van der Waals surface area (Å²) in [6.45, 7) is 4.56. The molecule has 2 aromatic rings. The molecule has 0 N–H and O–H groups in total. The Balaban J connectivity index is 1.63. The number of methoxy groups -OCH3 is 1. The Hall–Kier alpha value is -1.96. The summed E-state index contributed by atoms with van der Waals surface area (Å²) in [5.41, 5.74) is 1.60. The maximum Gasteiger partial charge on any atom is 0.243 e. The van der Waals surface area contributed by atoms with Gasteiger partial charge in [0.15, 0.2) is 0 Å². The Kier molecular flexibility index (Phi) is 5.60. The first-order chi connectivity index (χ1) is 12.4. The highest BCUT2D eigenvalue weighted by molar-refractivity contribution is 7.89. The third-order valence-electron chi connectivity index (χ3n) is 4.65. The van der Waals surface area contributed by atoms with Crippen LogP contribution >= 0.6 is 0 Å². The van der Waals surface area contributed by atoms with Gasteiger partial charge >= 0.3 is 0 Å². The average Bonchev–Trinajstić information content (AvgIpc) is 2.62. The van der Waals surface area contributed by atoms with Gasteiger partial charge in [-0.1, -0.05) is 12.1 Å². The molecule has 0 unspecified atom stereocenters. The van der Waals surface area contributed by atoms with Gasteiger partial charge in [0.2, 0.25) is 10.0 Å². The number of rotatable bonds is 5. The van der Waals surface area contributed by atoms with Crippen molar-refractivity contribution in [3.8, 4) is 5.75 Å². The first-order valence-electron chi connectivity index (χ1n) is 8.52. The lowest BCUT2D eigenvalue weighted by molar-refractivity contribution is 0.181. The molecule has 140 valence electrons. The molecule has 0 aromatic heterocycles. The quantitative estimate of drug-likeness (QED) is 0.803. The molecule has 1 aliphatic heterocycles. The SMILES string of the molecule is COc1ccc(CN2CCN(S(=O)(=O)c3ccc(F)cc3C)CC2)cc1.